The number of nitrogens with one attached hydrogen (secondary N) is 1. The van der Waals surface area contributed by atoms with E-state index >= 15 is 0 Å². The average Bonchev–Trinajstić information content (AvgIpc) is 2.43. The van der Waals surface area contributed by atoms with Crippen molar-refractivity contribution in [2.45, 2.75) is 24.5 Å². The van der Waals surface area contributed by atoms with Gasteiger partial charge in [0, 0.05) is 38.7 Å². The zero-order valence-corrected chi connectivity index (χ0v) is 10.9. The zero-order valence-electron chi connectivity index (χ0n) is 10.9. The fraction of sp³-hybridized carbons (Fsp3) is 0.571. The molecule has 3 nitrogen and oxygen atoms in total. The third-order valence-electron chi connectivity index (χ3n) is 3.78. The first-order chi connectivity index (χ1) is 8.73. The first kappa shape index (κ1) is 13.5. The fourth-order valence-electron chi connectivity index (χ4n) is 2.74. The van der Waals surface area contributed by atoms with Gasteiger partial charge in [-0.2, -0.15) is 0 Å². The summed E-state index contributed by atoms with van der Waals surface area (Å²) in [4.78, 5) is 0. The average molecular weight is 253 g/mol. The first-order valence-electron chi connectivity index (χ1n) is 6.28. The van der Waals surface area contributed by atoms with E-state index < -0.39 is 5.60 Å². The van der Waals surface area contributed by atoms with Crippen LogP contribution in [0.2, 0.25) is 0 Å². The van der Waals surface area contributed by atoms with E-state index in [2.05, 4.69) is 5.32 Å². The van der Waals surface area contributed by atoms with Crippen molar-refractivity contribution in [2.75, 3.05) is 27.4 Å². The maximum atomic E-state index is 14.0. The van der Waals surface area contributed by atoms with Crippen LogP contribution in [0.4, 0.5) is 4.39 Å². The minimum atomic E-state index is -0.394. The van der Waals surface area contributed by atoms with Gasteiger partial charge in [0.1, 0.15) is 5.82 Å². The molecule has 1 saturated heterocycles. The van der Waals surface area contributed by atoms with E-state index in [-0.39, 0.29) is 11.9 Å². The number of halogens is 1. The number of likely N-dealkylation sites (N-methyl/N-ethyl adjacent to an activating group) is 1. The van der Waals surface area contributed by atoms with Gasteiger partial charge in [-0.25, -0.2) is 4.39 Å². The SMILES string of the molecule is CNC(c1ccccc1F)C1(OC)CCOCC1. The highest BCUT2D eigenvalue weighted by molar-refractivity contribution is 5.24. The van der Waals surface area contributed by atoms with Crippen LogP contribution in [0.25, 0.3) is 0 Å². The Labute approximate surface area is 107 Å². The summed E-state index contributed by atoms with van der Waals surface area (Å²) in [7, 11) is 3.53. The van der Waals surface area contributed by atoms with Crippen LogP contribution in [0.1, 0.15) is 24.4 Å². The Morgan fingerprint density at radius 3 is 2.56 bits per heavy atom. The van der Waals surface area contributed by atoms with Crippen LogP contribution in [0.5, 0.6) is 0 Å². The third-order valence-corrected chi connectivity index (χ3v) is 3.78. The van der Waals surface area contributed by atoms with Gasteiger partial charge >= 0.3 is 0 Å². The molecule has 100 valence electrons. The van der Waals surface area contributed by atoms with Crippen molar-refractivity contribution in [3.63, 3.8) is 0 Å². The Balaban J connectivity index is 2.34. The standard InChI is InChI=1S/C14H20FNO2/c1-16-13(11-5-3-4-6-12(11)15)14(17-2)7-9-18-10-8-14/h3-6,13,16H,7-10H2,1-2H3. The molecule has 1 heterocycles. The summed E-state index contributed by atoms with van der Waals surface area (Å²) in [5.41, 5.74) is 0.263. The normalized spacial score (nSPS) is 20.6. The van der Waals surface area contributed by atoms with Crippen LogP contribution in [-0.4, -0.2) is 33.0 Å². The monoisotopic (exact) mass is 253 g/mol. The summed E-state index contributed by atoms with van der Waals surface area (Å²) in [6, 6.07) is 6.70. The van der Waals surface area contributed by atoms with Crippen LogP contribution < -0.4 is 5.32 Å². The second-order valence-electron chi connectivity index (χ2n) is 4.62. The summed E-state index contributed by atoms with van der Waals surface area (Å²) in [5.74, 6) is -0.195. The minimum absolute atomic E-state index is 0.160. The quantitative estimate of drug-likeness (QED) is 0.893. The Morgan fingerprint density at radius 2 is 2.00 bits per heavy atom. The van der Waals surface area contributed by atoms with Gasteiger partial charge in [-0.05, 0) is 13.1 Å². The molecule has 1 aromatic carbocycles. The molecule has 0 aromatic heterocycles. The molecule has 0 aliphatic carbocycles. The van der Waals surface area contributed by atoms with Crippen molar-refractivity contribution in [2.24, 2.45) is 0 Å². The van der Waals surface area contributed by atoms with E-state index in [1.807, 2.05) is 19.2 Å². The Bertz CT molecular complexity index is 391. The molecule has 0 spiro atoms. The highest BCUT2D eigenvalue weighted by atomic mass is 19.1. The van der Waals surface area contributed by atoms with Crippen LogP contribution >= 0.6 is 0 Å². The topological polar surface area (TPSA) is 30.5 Å². The lowest BCUT2D eigenvalue weighted by molar-refractivity contribution is -0.111. The third kappa shape index (κ3) is 2.41. The highest BCUT2D eigenvalue weighted by Gasteiger charge is 2.41. The molecule has 0 saturated carbocycles. The van der Waals surface area contributed by atoms with E-state index in [1.165, 1.54) is 6.07 Å². The molecule has 1 N–H and O–H groups in total. The predicted octanol–water partition coefficient (Wildman–Crippen LogP) is 2.28. The second-order valence-corrected chi connectivity index (χ2v) is 4.62. The summed E-state index contributed by atoms with van der Waals surface area (Å²) in [6.45, 7) is 1.31. The van der Waals surface area contributed by atoms with Crippen molar-refractivity contribution in [1.82, 2.24) is 5.32 Å². The van der Waals surface area contributed by atoms with Gasteiger partial charge in [0.2, 0.25) is 0 Å². The lowest BCUT2D eigenvalue weighted by Crippen LogP contribution is -2.48. The summed E-state index contributed by atoms with van der Waals surface area (Å²) < 4.78 is 25.1. The maximum absolute atomic E-state index is 14.0. The largest absolute Gasteiger partial charge is 0.381 e. The molecule has 4 heteroatoms. The molecule has 1 aliphatic rings. The number of hydrogen-bond acceptors (Lipinski definition) is 3. The van der Waals surface area contributed by atoms with Gasteiger partial charge in [-0.1, -0.05) is 18.2 Å². The number of benzene rings is 1. The number of rotatable bonds is 4. The van der Waals surface area contributed by atoms with Gasteiger partial charge < -0.3 is 14.8 Å². The summed E-state index contributed by atoms with van der Waals surface area (Å²) in [6.07, 6.45) is 1.53. The van der Waals surface area contributed by atoms with Crippen molar-refractivity contribution < 1.29 is 13.9 Å². The van der Waals surface area contributed by atoms with Crippen LogP contribution in [-0.2, 0) is 9.47 Å². The Kier molecular flexibility index (Phi) is 4.32. The first-order valence-corrected chi connectivity index (χ1v) is 6.28. The van der Waals surface area contributed by atoms with E-state index in [9.17, 15) is 4.39 Å². The predicted molar refractivity (Wildman–Crippen MR) is 68.0 cm³/mol. The van der Waals surface area contributed by atoms with Crippen molar-refractivity contribution in [3.8, 4) is 0 Å². The maximum Gasteiger partial charge on any atom is 0.128 e. The molecule has 1 fully saturated rings. The van der Waals surface area contributed by atoms with Gasteiger partial charge in [0.05, 0.1) is 11.6 Å². The van der Waals surface area contributed by atoms with Crippen LogP contribution in [0.3, 0.4) is 0 Å². The lowest BCUT2D eigenvalue weighted by Gasteiger charge is -2.42. The number of hydrogen-bond donors (Lipinski definition) is 1. The van der Waals surface area contributed by atoms with Crippen molar-refractivity contribution >= 4 is 0 Å². The molecule has 18 heavy (non-hydrogen) atoms. The zero-order chi connectivity index (χ0) is 13.0. The van der Waals surface area contributed by atoms with Crippen molar-refractivity contribution in [1.29, 1.82) is 0 Å². The van der Waals surface area contributed by atoms with Gasteiger partial charge in [-0.15, -0.1) is 0 Å². The number of methoxy groups -OCH3 is 1. The van der Waals surface area contributed by atoms with Gasteiger partial charge in [0.25, 0.3) is 0 Å². The van der Waals surface area contributed by atoms with Gasteiger partial charge in [-0.3, -0.25) is 0 Å². The molecule has 1 aromatic rings. The summed E-state index contributed by atoms with van der Waals surface area (Å²) >= 11 is 0. The molecule has 1 unspecified atom stereocenters. The second kappa shape index (κ2) is 5.78. The van der Waals surface area contributed by atoms with E-state index in [4.69, 9.17) is 9.47 Å². The summed E-state index contributed by atoms with van der Waals surface area (Å²) in [5, 5.41) is 3.20. The van der Waals surface area contributed by atoms with E-state index in [1.54, 1.807) is 13.2 Å². The molecule has 0 radical (unpaired) electrons. The minimum Gasteiger partial charge on any atom is -0.381 e. The van der Waals surface area contributed by atoms with E-state index in [0.717, 1.165) is 12.8 Å². The molecule has 1 atom stereocenters. The molecule has 0 amide bonds. The van der Waals surface area contributed by atoms with Crippen LogP contribution in [0, 0.1) is 5.82 Å². The number of ether oxygens (including phenoxy) is 2. The highest BCUT2D eigenvalue weighted by Crippen LogP contribution is 2.37. The lowest BCUT2D eigenvalue weighted by atomic mass is 9.82. The smallest absolute Gasteiger partial charge is 0.128 e. The Morgan fingerprint density at radius 1 is 1.33 bits per heavy atom. The van der Waals surface area contributed by atoms with Crippen LogP contribution in [0.15, 0.2) is 24.3 Å². The fourth-order valence-corrected chi connectivity index (χ4v) is 2.74. The Hall–Kier alpha value is -0.970. The molecule has 1 aliphatic heterocycles. The van der Waals surface area contributed by atoms with E-state index in [0.29, 0.717) is 18.8 Å². The molecule has 2 rings (SSSR count). The van der Waals surface area contributed by atoms with Gasteiger partial charge in [0.15, 0.2) is 0 Å². The molecule has 0 bridgehead atoms. The van der Waals surface area contributed by atoms with Crippen molar-refractivity contribution in [3.05, 3.63) is 35.6 Å². The molecular formula is C14H20FNO2. The molecular weight excluding hydrogens is 233 g/mol.